The van der Waals surface area contributed by atoms with Crippen LogP contribution in [-0.4, -0.2) is 17.0 Å². The summed E-state index contributed by atoms with van der Waals surface area (Å²) in [5.41, 5.74) is -1.13. The minimum Gasteiger partial charge on any atom is -0.275 e. The van der Waals surface area contributed by atoms with Crippen molar-refractivity contribution in [2.24, 2.45) is 4.99 Å². The van der Waals surface area contributed by atoms with Gasteiger partial charge in [-0.2, -0.15) is 13.2 Å². The van der Waals surface area contributed by atoms with Crippen molar-refractivity contribution in [2.75, 3.05) is 5.75 Å². The third-order valence-corrected chi connectivity index (χ3v) is 5.75. The Morgan fingerprint density at radius 3 is 1.84 bits per heavy atom. The van der Waals surface area contributed by atoms with Gasteiger partial charge in [0, 0.05) is 16.9 Å². The summed E-state index contributed by atoms with van der Waals surface area (Å²) in [6, 6.07) is 32.1. The molecule has 0 saturated carbocycles. The van der Waals surface area contributed by atoms with Crippen molar-refractivity contribution in [2.45, 2.75) is 11.6 Å². The summed E-state index contributed by atoms with van der Waals surface area (Å²) in [6.45, 7) is 0. The molecule has 1 nitrogen and oxygen atoms in total. The maximum Gasteiger partial charge on any atom is 0.441 e. The normalized spacial score (nSPS) is 12.5. The third-order valence-electron chi connectivity index (χ3n) is 4.94. The Balaban J connectivity index is 1.82. The number of hydrogen-bond donors (Lipinski definition) is 0. The van der Waals surface area contributed by atoms with Crippen LogP contribution in [0.5, 0.6) is 0 Å². The zero-order chi connectivity index (χ0) is 21.7. The summed E-state index contributed by atoms with van der Waals surface area (Å²) >= 11 is -0.0328. The Bertz CT molecular complexity index is 1130. The summed E-state index contributed by atoms with van der Waals surface area (Å²) in [6.07, 6.45) is 0. The molecule has 0 heterocycles. The average molecular weight is 436 g/mol. The molecule has 0 aliphatic rings. The lowest BCUT2D eigenvalue weighted by Gasteiger charge is -2.18. The van der Waals surface area contributed by atoms with E-state index in [1.54, 1.807) is 0 Å². The molecule has 4 aromatic carbocycles. The first-order valence-electron chi connectivity index (χ1n) is 9.88. The lowest BCUT2D eigenvalue weighted by atomic mass is 10.00. The van der Waals surface area contributed by atoms with E-state index in [0.29, 0.717) is 5.71 Å². The van der Waals surface area contributed by atoms with Crippen LogP contribution >= 0.6 is 11.8 Å². The molecule has 0 bridgehead atoms. The zero-order valence-electron chi connectivity index (χ0n) is 16.6. The average Bonchev–Trinajstić information content (AvgIpc) is 2.79. The monoisotopic (exact) mass is 435 g/mol. The molecule has 1 atom stereocenters. The van der Waals surface area contributed by atoms with Gasteiger partial charge in [-0.3, -0.25) is 4.99 Å². The molecule has 1 unspecified atom stereocenters. The summed E-state index contributed by atoms with van der Waals surface area (Å²) < 4.78 is 39.2. The van der Waals surface area contributed by atoms with Crippen LogP contribution in [0.3, 0.4) is 0 Å². The Hall–Kier alpha value is -3.05. The molecule has 31 heavy (non-hydrogen) atoms. The van der Waals surface area contributed by atoms with Crippen LogP contribution in [0.25, 0.3) is 10.8 Å². The summed E-state index contributed by atoms with van der Waals surface area (Å²) in [7, 11) is 0. The zero-order valence-corrected chi connectivity index (χ0v) is 17.4. The van der Waals surface area contributed by atoms with E-state index < -0.39 is 11.6 Å². The largest absolute Gasteiger partial charge is 0.441 e. The summed E-state index contributed by atoms with van der Waals surface area (Å²) in [5.74, 6) is -0.189. The molecule has 5 heteroatoms. The molecule has 0 amide bonds. The molecule has 0 spiro atoms. The number of aliphatic imine (C=N–C) groups is 1. The van der Waals surface area contributed by atoms with E-state index in [0.717, 1.165) is 27.5 Å². The molecule has 0 aliphatic heterocycles. The number of rotatable bonds is 6. The fourth-order valence-corrected chi connectivity index (χ4v) is 4.07. The van der Waals surface area contributed by atoms with Gasteiger partial charge in [0.2, 0.25) is 0 Å². The van der Waals surface area contributed by atoms with E-state index in [4.69, 9.17) is 4.99 Å². The Morgan fingerprint density at radius 2 is 1.26 bits per heavy atom. The lowest BCUT2D eigenvalue weighted by molar-refractivity contribution is -0.0328. The van der Waals surface area contributed by atoms with Crippen LogP contribution in [0.2, 0.25) is 0 Å². The quantitative estimate of drug-likeness (QED) is 0.283. The highest BCUT2D eigenvalue weighted by Crippen LogP contribution is 2.36. The molecule has 0 radical (unpaired) electrons. The van der Waals surface area contributed by atoms with Crippen molar-refractivity contribution < 1.29 is 13.2 Å². The van der Waals surface area contributed by atoms with Gasteiger partial charge in [0.25, 0.3) is 0 Å². The van der Waals surface area contributed by atoms with Crippen molar-refractivity contribution in [1.82, 2.24) is 0 Å². The van der Waals surface area contributed by atoms with Crippen molar-refractivity contribution in [3.63, 3.8) is 0 Å². The molecule has 4 rings (SSSR count). The van der Waals surface area contributed by atoms with Crippen molar-refractivity contribution >= 4 is 28.2 Å². The first-order valence-corrected chi connectivity index (χ1v) is 10.9. The van der Waals surface area contributed by atoms with Gasteiger partial charge < -0.3 is 0 Å². The van der Waals surface area contributed by atoms with E-state index in [-0.39, 0.29) is 17.5 Å². The summed E-state index contributed by atoms with van der Waals surface area (Å²) in [4.78, 5) is 4.89. The second-order valence-electron chi connectivity index (χ2n) is 7.09. The molecular formula is C26H20F3NS. The van der Waals surface area contributed by atoms with E-state index in [1.165, 1.54) is 0 Å². The smallest absolute Gasteiger partial charge is 0.275 e. The van der Waals surface area contributed by atoms with E-state index in [9.17, 15) is 13.2 Å². The highest BCUT2D eigenvalue weighted by molar-refractivity contribution is 8.00. The SMILES string of the molecule is FC(F)(F)SCC(N=C(c1ccccc1)c1ccccc1)c1ccc2ccccc2c1. The second kappa shape index (κ2) is 9.40. The minimum atomic E-state index is -4.32. The Morgan fingerprint density at radius 1 is 0.710 bits per heavy atom. The minimum absolute atomic E-state index is 0.0328. The summed E-state index contributed by atoms with van der Waals surface area (Å²) in [5, 5.41) is 2.03. The third kappa shape index (κ3) is 5.56. The fourth-order valence-electron chi connectivity index (χ4n) is 3.46. The van der Waals surface area contributed by atoms with Gasteiger partial charge >= 0.3 is 5.51 Å². The van der Waals surface area contributed by atoms with Gasteiger partial charge in [0.15, 0.2) is 0 Å². The van der Waals surface area contributed by atoms with Crippen molar-refractivity contribution in [1.29, 1.82) is 0 Å². The molecule has 0 N–H and O–H groups in total. The molecular weight excluding hydrogens is 415 g/mol. The highest BCUT2D eigenvalue weighted by atomic mass is 32.2. The molecule has 0 fully saturated rings. The number of halogens is 3. The van der Waals surface area contributed by atoms with Gasteiger partial charge in [-0.15, -0.1) is 0 Å². The topological polar surface area (TPSA) is 12.4 Å². The van der Waals surface area contributed by atoms with Gasteiger partial charge in [0.05, 0.1) is 11.8 Å². The Labute approximate surface area is 183 Å². The predicted octanol–water partition coefficient (Wildman–Crippen LogP) is 7.67. The molecule has 0 aromatic heterocycles. The fraction of sp³-hybridized carbons (Fsp3) is 0.115. The van der Waals surface area contributed by atoms with Gasteiger partial charge in [-0.1, -0.05) is 97.1 Å². The van der Waals surface area contributed by atoms with Crippen LogP contribution in [0.15, 0.2) is 108 Å². The predicted molar refractivity (Wildman–Crippen MR) is 124 cm³/mol. The van der Waals surface area contributed by atoms with E-state index in [2.05, 4.69) is 0 Å². The highest BCUT2D eigenvalue weighted by Gasteiger charge is 2.30. The van der Waals surface area contributed by atoms with E-state index in [1.807, 2.05) is 103 Å². The maximum absolute atomic E-state index is 13.1. The van der Waals surface area contributed by atoms with Gasteiger partial charge in [0.1, 0.15) is 0 Å². The molecule has 4 aromatic rings. The molecule has 156 valence electrons. The number of nitrogens with zero attached hydrogens (tertiary/aromatic N) is 1. The van der Waals surface area contributed by atoms with E-state index >= 15 is 0 Å². The van der Waals surface area contributed by atoms with Crippen LogP contribution in [0.1, 0.15) is 22.7 Å². The van der Waals surface area contributed by atoms with Crippen molar-refractivity contribution in [3.8, 4) is 0 Å². The molecule has 0 saturated heterocycles. The van der Waals surface area contributed by atoms with Gasteiger partial charge in [-0.25, -0.2) is 0 Å². The van der Waals surface area contributed by atoms with Crippen LogP contribution < -0.4 is 0 Å². The van der Waals surface area contributed by atoms with Crippen LogP contribution in [0.4, 0.5) is 13.2 Å². The number of alkyl halides is 3. The molecule has 0 aliphatic carbocycles. The first kappa shape index (κ1) is 21.2. The number of hydrogen-bond acceptors (Lipinski definition) is 2. The maximum atomic E-state index is 13.1. The lowest BCUT2D eigenvalue weighted by Crippen LogP contribution is -2.11. The number of benzene rings is 4. The number of fused-ring (bicyclic) bond motifs is 1. The second-order valence-corrected chi connectivity index (χ2v) is 8.17. The van der Waals surface area contributed by atoms with Crippen LogP contribution in [0, 0.1) is 0 Å². The van der Waals surface area contributed by atoms with Gasteiger partial charge in [-0.05, 0) is 34.2 Å². The van der Waals surface area contributed by atoms with Crippen LogP contribution in [-0.2, 0) is 0 Å². The van der Waals surface area contributed by atoms with Crippen molar-refractivity contribution in [3.05, 3.63) is 120 Å². The standard InChI is InChI=1S/C26H20F3NS/c27-26(28,29)31-18-24(23-16-15-19-9-7-8-14-22(19)17-23)30-25(20-10-3-1-4-11-20)21-12-5-2-6-13-21/h1-17,24H,18H2. The Kier molecular flexibility index (Phi) is 6.42. The number of thioether (sulfide) groups is 1. The first-order chi connectivity index (χ1) is 15.0.